The molecule has 0 atom stereocenters. The van der Waals surface area contributed by atoms with Gasteiger partial charge in [-0.05, 0) is 44.1 Å². The third-order valence-electron chi connectivity index (χ3n) is 4.49. The fourth-order valence-electron chi connectivity index (χ4n) is 3.22. The number of ether oxygens (including phenoxy) is 1. The topological polar surface area (TPSA) is 67.2 Å². The standard InChI is InChI=1S/C17H20N4O2/c1-22-16-5-4-13-17(20-16)19-15(18-13)11-21-8-6-12(7-9-21)14-3-2-10-23-14/h2-5,10,12H,6-9,11H2,1H3,(H,18,19,20). The summed E-state index contributed by atoms with van der Waals surface area (Å²) in [6.07, 6.45) is 4.01. The molecule has 6 nitrogen and oxygen atoms in total. The van der Waals surface area contributed by atoms with E-state index in [9.17, 15) is 0 Å². The summed E-state index contributed by atoms with van der Waals surface area (Å²) >= 11 is 0. The zero-order valence-corrected chi connectivity index (χ0v) is 13.2. The first kappa shape index (κ1) is 14.3. The number of furan rings is 1. The summed E-state index contributed by atoms with van der Waals surface area (Å²) in [5.74, 6) is 3.21. The van der Waals surface area contributed by atoms with Crippen molar-refractivity contribution in [2.45, 2.75) is 25.3 Å². The van der Waals surface area contributed by atoms with Crippen molar-refractivity contribution >= 4 is 11.2 Å². The van der Waals surface area contributed by atoms with Crippen LogP contribution in [-0.4, -0.2) is 40.1 Å². The Bertz CT molecular complexity index is 773. The monoisotopic (exact) mass is 312 g/mol. The van der Waals surface area contributed by atoms with Crippen LogP contribution in [0, 0.1) is 0 Å². The van der Waals surface area contributed by atoms with Gasteiger partial charge in [0.05, 0.1) is 25.4 Å². The van der Waals surface area contributed by atoms with E-state index in [4.69, 9.17) is 9.15 Å². The second kappa shape index (κ2) is 6.04. The van der Waals surface area contributed by atoms with E-state index in [0.29, 0.717) is 17.4 Å². The van der Waals surface area contributed by atoms with Gasteiger partial charge in [-0.3, -0.25) is 4.90 Å². The number of pyridine rings is 1. The predicted octanol–water partition coefficient (Wildman–Crippen LogP) is 2.94. The second-order valence-electron chi connectivity index (χ2n) is 5.97. The molecule has 0 aliphatic carbocycles. The van der Waals surface area contributed by atoms with Gasteiger partial charge in [0.1, 0.15) is 11.6 Å². The van der Waals surface area contributed by atoms with E-state index in [0.717, 1.165) is 49.6 Å². The average Bonchev–Trinajstić information content (AvgIpc) is 3.24. The molecular formula is C17H20N4O2. The first-order chi connectivity index (χ1) is 11.3. The molecule has 0 unspecified atom stereocenters. The second-order valence-corrected chi connectivity index (χ2v) is 5.97. The van der Waals surface area contributed by atoms with Crippen molar-refractivity contribution < 1.29 is 9.15 Å². The first-order valence-corrected chi connectivity index (χ1v) is 7.97. The van der Waals surface area contributed by atoms with Crippen LogP contribution in [0.4, 0.5) is 0 Å². The van der Waals surface area contributed by atoms with Gasteiger partial charge in [0.15, 0.2) is 5.65 Å². The SMILES string of the molecule is COc1ccc2[nH]c(CN3CCC(c4ccco4)CC3)nc2n1. The van der Waals surface area contributed by atoms with E-state index in [1.807, 2.05) is 18.2 Å². The molecule has 0 radical (unpaired) electrons. The van der Waals surface area contributed by atoms with Crippen LogP contribution >= 0.6 is 0 Å². The molecule has 1 aliphatic heterocycles. The van der Waals surface area contributed by atoms with Crippen LogP contribution in [0.15, 0.2) is 34.9 Å². The number of H-pyrrole nitrogens is 1. The molecule has 1 N–H and O–H groups in total. The highest BCUT2D eigenvalue weighted by atomic mass is 16.5. The fraction of sp³-hybridized carbons (Fsp3) is 0.412. The molecule has 0 bridgehead atoms. The number of hydrogen-bond donors (Lipinski definition) is 1. The lowest BCUT2D eigenvalue weighted by molar-refractivity contribution is 0.192. The Labute approximate surface area is 134 Å². The molecule has 4 rings (SSSR count). The number of aromatic nitrogens is 3. The number of nitrogens with one attached hydrogen (secondary N) is 1. The van der Waals surface area contributed by atoms with Gasteiger partial charge in [-0.15, -0.1) is 0 Å². The van der Waals surface area contributed by atoms with E-state index in [1.165, 1.54) is 0 Å². The predicted molar refractivity (Wildman–Crippen MR) is 86.4 cm³/mol. The Morgan fingerprint density at radius 2 is 2.13 bits per heavy atom. The first-order valence-electron chi connectivity index (χ1n) is 7.97. The Balaban J connectivity index is 1.41. The van der Waals surface area contributed by atoms with Crippen LogP contribution in [0.3, 0.4) is 0 Å². The molecule has 3 aromatic rings. The molecule has 6 heteroatoms. The van der Waals surface area contributed by atoms with E-state index >= 15 is 0 Å². The summed E-state index contributed by atoms with van der Waals surface area (Å²) in [5.41, 5.74) is 1.66. The number of fused-ring (bicyclic) bond motifs is 1. The Kier molecular flexibility index (Phi) is 3.75. The molecular weight excluding hydrogens is 292 g/mol. The average molecular weight is 312 g/mol. The molecule has 0 saturated carbocycles. The van der Waals surface area contributed by atoms with Crippen molar-refractivity contribution in [3.63, 3.8) is 0 Å². The molecule has 23 heavy (non-hydrogen) atoms. The number of hydrogen-bond acceptors (Lipinski definition) is 5. The van der Waals surface area contributed by atoms with E-state index < -0.39 is 0 Å². The lowest BCUT2D eigenvalue weighted by Crippen LogP contribution is -2.32. The van der Waals surface area contributed by atoms with Crippen molar-refractivity contribution in [2.75, 3.05) is 20.2 Å². The number of methoxy groups -OCH3 is 1. The van der Waals surface area contributed by atoms with Gasteiger partial charge < -0.3 is 14.1 Å². The summed E-state index contributed by atoms with van der Waals surface area (Å²) in [7, 11) is 1.62. The van der Waals surface area contributed by atoms with Gasteiger partial charge in [0.25, 0.3) is 0 Å². The van der Waals surface area contributed by atoms with E-state index in [-0.39, 0.29) is 0 Å². The Hall–Kier alpha value is -2.34. The molecule has 0 amide bonds. The maximum Gasteiger partial charge on any atom is 0.215 e. The molecule has 3 aromatic heterocycles. The van der Waals surface area contributed by atoms with Gasteiger partial charge in [-0.1, -0.05) is 0 Å². The van der Waals surface area contributed by atoms with Gasteiger partial charge in [-0.2, -0.15) is 4.98 Å². The minimum absolute atomic E-state index is 0.544. The van der Waals surface area contributed by atoms with Crippen molar-refractivity contribution in [1.29, 1.82) is 0 Å². The highest BCUT2D eigenvalue weighted by Crippen LogP contribution is 2.28. The number of likely N-dealkylation sites (tertiary alicyclic amines) is 1. The highest BCUT2D eigenvalue weighted by Gasteiger charge is 2.23. The largest absolute Gasteiger partial charge is 0.481 e. The molecule has 1 fully saturated rings. The number of nitrogens with zero attached hydrogens (tertiary/aromatic N) is 3. The summed E-state index contributed by atoms with van der Waals surface area (Å²) in [5, 5.41) is 0. The number of rotatable bonds is 4. The van der Waals surface area contributed by atoms with Gasteiger partial charge in [0.2, 0.25) is 5.88 Å². The molecule has 0 spiro atoms. The molecule has 120 valence electrons. The molecule has 1 saturated heterocycles. The Morgan fingerprint density at radius 3 is 2.87 bits per heavy atom. The summed E-state index contributed by atoms with van der Waals surface area (Å²) < 4.78 is 10.7. The van der Waals surface area contributed by atoms with Crippen molar-refractivity contribution in [3.05, 3.63) is 42.1 Å². The molecule has 0 aromatic carbocycles. The molecule has 1 aliphatic rings. The van der Waals surface area contributed by atoms with Gasteiger partial charge in [-0.25, -0.2) is 4.98 Å². The maximum atomic E-state index is 5.53. The quantitative estimate of drug-likeness (QED) is 0.802. The highest BCUT2D eigenvalue weighted by molar-refractivity contribution is 5.71. The van der Waals surface area contributed by atoms with Gasteiger partial charge in [0, 0.05) is 12.0 Å². The minimum Gasteiger partial charge on any atom is -0.481 e. The third kappa shape index (κ3) is 2.94. The van der Waals surface area contributed by atoms with Crippen LogP contribution in [-0.2, 0) is 6.54 Å². The zero-order valence-electron chi connectivity index (χ0n) is 13.2. The smallest absolute Gasteiger partial charge is 0.215 e. The lowest BCUT2D eigenvalue weighted by atomic mass is 9.94. The normalized spacial score (nSPS) is 16.9. The third-order valence-corrected chi connectivity index (χ3v) is 4.49. The summed E-state index contributed by atoms with van der Waals surface area (Å²) in [6, 6.07) is 7.86. The van der Waals surface area contributed by atoms with Gasteiger partial charge >= 0.3 is 0 Å². The van der Waals surface area contributed by atoms with Crippen molar-refractivity contribution in [1.82, 2.24) is 19.9 Å². The fourth-order valence-corrected chi connectivity index (χ4v) is 3.22. The number of piperidine rings is 1. The van der Waals surface area contributed by atoms with Crippen molar-refractivity contribution in [3.8, 4) is 5.88 Å². The maximum absolute atomic E-state index is 5.53. The number of aromatic amines is 1. The van der Waals surface area contributed by atoms with Crippen LogP contribution in [0.25, 0.3) is 11.2 Å². The lowest BCUT2D eigenvalue weighted by Gasteiger charge is -2.30. The van der Waals surface area contributed by atoms with E-state index in [1.54, 1.807) is 13.4 Å². The summed E-state index contributed by atoms with van der Waals surface area (Å²) in [4.78, 5) is 14.7. The molecule has 4 heterocycles. The van der Waals surface area contributed by atoms with Crippen molar-refractivity contribution in [2.24, 2.45) is 0 Å². The van der Waals surface area contributed by atoms with Crippen LogP contribution in [0.1, 0.15) is 30.3 Å². The van der Waals surface area contributed by atoms with Crippen LogP contribution < -0.4 is 4.74 Å². The van der Waals surface area contributed by atoms with E-state index in [2.05, 4.69) is 25.9 Å². The summed E-state index contributed by atoms with van der Waals surface area (Å²) in [6.45, 7) is 2.93. The minimum atomic E-state index is 0.544. The Morgan fingerprint density at radius 1 is 1.26 bits per heavy atom. The van der Waals surface area contributed by atoms with Crippen LogP contribution in [0.5, 0.6) is 5.88 Å². The number of imidazole rings is 1. The zero-order chi connectivity index (χ0) is 15.6. The van der Waals surface area contributed by atoms with Crippen LogP contribution in [0.2, 0.25) is 0 Å².